The molecule has 2 aromatic carbocycles. The fraction of sp³-hybridized carbons (Fsp3) is 0.118. The normalized spacial score (nSPS) is 12.5. The topological polar surface area (TPSA) is 33.1 Å². The van der Waals surface area contributed by atoms with Crippen molar-refractivity contribution in [2.75, 3.05) is 5.33 Å². The van der Waals surface area contributed by atoms with Gasteiger partial charge in [-0.3, -0.25) is 0 Å². The largest absolute Gasteiger partial charge is 0.388 e. The summed E-state index contributed by atoms with van der Waals surface area (Å²) in [6, 6.07) is 14.9. The van der Waals surface area contributed by atoms with Crippen molar-refractivity contribution in [3.63, 3.8) is 0 Å². The third kappa shape index (κ3) is 3.13. The molecule has 1 aromatic heterocycles. The number of aromatic nitrogens is 1. The number of aliphatic hydroxyl groups is 1. The second-order valence-electron chi connectivity index (χ2n) is 4.94. The highest BCUT2D eigenvalue weighted by atomic mass is 79.9. The number of rotatable bonds is 3. The zero-order chi connectivity index (χ0) is 15.7. The molecular weight excluding hydrogens is 385 g/mol. The van der Waals surface area contributed by atoms with Crippen LogP contribution in [0.1, 0.15) is 11.7 Å². The molecule has 0 bridgehead atoms. The Bertz CT molecular complexity index is 821. The Morgan fingerprint density at radius 3 is 2.36 bits per heavy atom. The summed E-state index contributed by atoms with van der Waals surface area (Å²) in [4.78, 5) is 4.66. The summed E-state index contributed by atoms with van der Waals surface area (Å²) in [5.74, 6) is 0. The third-order valence-corrected chi connectivity index (χ3v) is 4.55. The van der Waals surface area contributed by atoms with Crippen LogP contribution in [0.25, 0.3) is 22.2 Å². The summed E-state index contributed by atoms with van der Waals surface area (Å²) in [7, 11) is 0. The predicted molar refractivity (Wildman–Crippen MR) is 96.0 cm³/mol. The van der Waals surface area contributed by atoms with Gasteiger partial charge in [-0.1, -0.05) is 57.3 Å². The van der Waals surface area contributed by atoms with E-state index in [2.05, 4.69) is 20.9 Å². The van der Waals surface area contributed by atoms with E-state index < -0.39 is 6.10 Å². The van der Waals surface area contributed by atoms with Crippen molar-refractivity contribution in [3.8, 4) is 11.3 Å². The second-order valence-corrected chi connectivity index (χ2v) is 6.46. The lowest BCUT2D eigenvalue weighted by Gasteiger charge is -2.14. The number of aliphatic hydroxyl groups excluding tert-OH is 1. The number of fused-ring (bicyclic) bond motifs is 1. The maximum absolute atomic E-state index is 10.3. The highest BCUT2D eigenvalue weighted by Crippen LogP contribution is 2.31. The molecule has 1 atom stereocenters. The maximum atomic E-state index is 10.3. The molecule has 5 heteroatoms. The van der Waals surface area contributed by atoms with E-state index in [-0.39, 0.29) is 0 Å². The van der Waals surface area contributed by atoms with Crippen molar-refractivity contribution < 1.29 is 5.11 Å². The Balaban J connectivity index is 2.25. The van der Waals surface area contributed by atoms with Crippen molar-refractivity contribution >= 4 is 50.0 Å². The first kappa shape index (κ1) is 15.8. The van der Waals surface area contributed by atoms with Crippen molar-refractivity contribution in [2.45, 2.75) is 6.10 Å². The molecule has 0 radical (unpaired) electrons. The maximum Gasteiger partial charge on any atom is 0.0894 e. The molecule has 1 heterocycles. The van der Waals surface area contributed by atoms with Gasteiger partial charge in [0.2, 0.25) is 0 Å². The van der Waals surface area contributed by atoms with Crippen LogP contribution in [0.5, 0.6) is 0 Å². The molecule has 0 saturated carbocycles. The molecule has 3 rings (SSSR count). The lowest BCUT2D eigenvalue weighted by molar-refractivity contribution is 0.207. The van der Waals surface area contributed by atoms with Crippen LogP contribution in [0.15, 0.2) is 48.5 Å². The number of alkyl halides is 1. The van der Waals surface area contributed by atoms with Crippen LogP contribution < -0.4 is 0 Å². The van der Waals surface area contributed by atoms with Crippen molar-refractivity contribution in [2.24, 2.45) is 0 Å². The van der Waals surface area contributed by atoms with E-state index in [0.717, 1.165) is 27.7 Å². The minimum absolute atomic E-state index is 0.453. The number of benzene rings is 2. The van der Waals surface area contributed by atoms with Gasteiger partial charge in [0, 0.05) is 26.3 Å². The molecular formula is C17H12BrCl2NO. The van der Waals surface area contributed by atoms with Crippen LogP contribution in [-0.4, -0.2) is 15.4 Å². The number of hydrogen-bond acceptors (Lipinski definition) is 2. The van der Waals surface area contributed by atoms with Gasteiger partial charge < -0.3 is 5.11 Å². The molecule has 0 spiro atoms. The Morgan fingerprint density at radius 2 is 1.68 bits per heavy atom. The van der Waals surface area contributed by atoms with Crippen LogP contribution in [0.3, 0.4) is 0 Å². The van der Waals surface area contributed by atoms with Gasteiger partial charge in [-0.05, 0) is 35.9 Å². The average molecular weight is 397 g/mol. The Hall–Kier alpha value is -1.13. The van der Waals surface area contributed by atoms with E-state index in [9.17, 15) is 5.11 Å². The molecule has 0 saturated heterocycles. The first-order valence-corrected chi connectivity index (χ1v) is 8.56. The lowest BCUT2D eigenvalue weighted by atomic mass is 10.0. The zero-order valence-corrected chi connectivity index (χ0v) is 14.5. The van der Waals surface area contributed by atoms with Crippen LogP contribution in [0.4, 0.5) is 0 Å². The van der Waals surface area contributed by atoms with Gasteiger partial charge in [0.05, 0.1) is 17.3 Å². The summed E-state index contributed by atoms with van der Waals surface area (Å²) >= 11 is 15.3. The molecule has 0 amide bonds. The van der Waals surface area contributed by atoms with Crippen LogP contribution in [-0.2, 0) is 0 Å². The van der Waals surface area contributed by atoms with Gasteiger partial charge in [0.25, 0.3) is 0 Å². The minimum Gasteiger partial charge on any atom is -0.388 e. The van der Waals surface area contributed by atoms with Gasteiger partial charge in [-0.15, -0.1) is 0 Å². The Morgan fingerprint density at radius 1 is 1.00 bits per heavy atom. The molecule has 1 N–H and O–H groups in total. The first-order valence-electron chi connectivity index (χ1n) is 6.68. The summed E-state index contributed by atoms with van der Waals surface area (Å²) in [5.41, 5.74) is 3.30. The Labute approximate surface area is 146 Å². The van der Waals surface area contributed by atoms with E-state index in [1.807, 2.05) is 36.4 Å². The van der Waals surface area contributed by atoms with E-state index in [4.69, 9.17) is 23.2 Å². The monoisotopic (exact) mass is 395 g/mol. The smallest absolute Gasteiger partial charge is 0.0894 e. The molecule has 2 nitrogen and oxygen atoms in total. The summed E-state index contributed by atoms with van der Waals surface area (Å²) in [6.07, 6.45) is -0.613. The highest BCUT2D eigenvalue weighted by Gasteiger charge is 2.14. The van der Waals surface area contributed by atoms with Crippen LogP contribution in [0.2, 0.25) is 10.0 Å². The molecule has 3 aromatic rings. The molecule has 1 unspecified atom stereocenters. The van der Waals surface area contributed by atoms with Crippen molar-refractivity contribution in [3.05, 3.63) is 64.1 Å². The van der Waals surface area contributed by atoms with Crippen LogP contribution in [0, 0.1) is 0 Å². The van der Waals surface area contributed by atoms with E-state index >= 15 is 0 Å². The fourth-order valence-electron chi connectivity index (χ4n) is 2.36. The molecule has 0 aliphatic carbocycles. The predicted octanol–water partition coefficient (Wildman–Crippen LogP) is 5.64. The van der Waals surface area contributed by atoms with Crippen molar-refractivity contribution in [1.29, 1.82) is 0 Å². The minimum atomic E-state index is -0.613. The molecule has 22 heavy (non-hydrogen) atoms. The third-order valence-electron chi connectivity index (χ3n) is 3.45. The second kappa shape index (κ2) is 6.55. The lowest BCUT2D eigenvalue weighted by Crippen LogP contribution is -2.01. The van der Waals surface area contributed by atoms with Gasteiger partial charge in [-0.2, -0.15) is 0 Å². The van der Waals surface area contributed by atoms with Crippen molar-refractivity contribution in [1.82, 2.24) is 4.98 Å². The molecule has 0 aliphatic heterocycles. The van der Waals surface area contributed by atoms with Gasteiger partial charge in [0.15, 0.2) is 0 Å². The average Bonchev–Trinajstić information content (AvgIpc) is 2.53. The standard InChI is InChI=1S/C17H12BrCl2NO/c18-9-17(22)14-8-15(10-1-3-11(19)4-2-10)21-16-7-12(20)5-6-13(14)16/h1-8,17,22H,9H2. The van der Waals surface area contributed by atoms with Gasteiger partial charge >= 0.3 is 0 Å². The first-order chi connectivity index (χ1) is 10.6. The quantitative estimate of drug-likeness (QED) is 0.581. The van der Waals surface area contributed by atoms with Crippen LogP contribution >= 0.6 is 39.1 Å². The summed E-state index contributed by atoms with van der Waals surface area (Å²) < 4.78 is 0. The SMILES string of the molecule is OC(CBr)c1cc(-c2ccc(Cl)cc2)nc2cc(Cl)ccc12. The van der Waals surface area contributed by atoms with Gasteiger partial charge in [0.1, 0.15) is 0 Å². The molecule has 0 fully saturated rings. The van der Waals surface area contributed by atoms with E-state index in [0.29, 0.717) is 15.4 Å². The number of halogens is 3. The molecule has 112 valence electrons. The molecule has 0 aliphatic rings. The fourth-order valence-corrected chi connectivity index (χ4v) is 3.00. The highest BCUT2D eigenvalue weighted by molar-refractivity contribution is 9.09. The number of pyridine rings is 1. The number of nitrogens with zero attached hydrogens (tertiary/aromatic N) is 1. The zero-order valence-electron chi connectivity index (χ0n) is 11.4. The van der Waals surface area contributed by atoms with E-state index in [1.54, 1.807) is 12.1 Å². The Kier molecular flexibility index (Phi) is 4.69. The summed E-state index contributed by atoms with van der Waals surface area (Å²) in [6.45, 7) is 0. The van der Waals surface area contributed by atoms with Gasteiger partial charge in [-0.25, -0.2) is 4.98 Å². The summed E-state index contributed by atoms with van der Waals surface area (Å²) in [5, 5.41) is 12.9. The number of hydrogen-bond donors (Lipinski definition) is 1. The van der Waals surface area contributed by atoms with E-state index in [1.165, 1.54) is 0 Å².